The fraction of sp³-hybridized carbons (Fsp3) is 0.200. The van der Waals surface area contributed by atoms with E-state index in [1.54, 1.807) is 0 Å². The molecule has 0 spiro atoms. The molecule has 0 saturated heterocycles. The summed E-state index contributed by atoms with van der Waals surface area (Å²) >= 11 is 5.69. The standard InChI is InChI=1S/C15H14ClNO6/c1-2-23-15(22)12(14(17)21)13(20)11(19)7-10(18)8-3-5-9(16)6-4-8/h3-7,12,18H,2H2,1H3,(H2,17,21)/t12-/m1/s1. The molecule has 0 aliphatic carbocycles. The van der Waals surface area contributed by atoms with Crippen LogP contribution in [0.15, 0.2) is 30.3 Å². The van der Waals surface area contributed by atoms with Crippen LogP contribution in [0.25, 0.3) is 5.76 Å². The summed E-state index contributed by atoms with van der Waals surface area (Å²) in [6.07, 6.45) is 0.598. The molecule has 7 nitrogen and oxygen atoms in total. The molecule has 23 heavy (non-hydrogen) atoms. The second-order valence-electron chi connectivity index (χ2n) is 4.35. The largest absolute Gasteiger partial charge is 0.507 e. The molecule has 0 bridgehead atoms. The van der Waals surface area contributed by atoms with Crippen LogP contribution in [0.3, 0.4) is 0 Å². The molecule has 0 aliphatic rings. The Bertz CT molecular complexity index is 665. The first-order valence-electron chi connectivity index (χ1n) is 6.48. The molecule has 1 amide bonds. The van der Waals surface area contributed by atoms with Crippen LogP contribution in [-0.4, -0.2) is 35.2 Å². The molecule has 122 valence electrons. The number of ether oxygens (including phenoxy) is 1. The van der Waals surface area contributed by atoms with E-state index in [1.165, 1.54) is 31.2 Å². The van der Waals surface area contributed by atoms with E-state index in [0.29, 0.717) is 11.1 Å². The molecule has 0 fully saturated rings. The number of esters is 1. The quantitative estimate of drug-likeness (QED) is 0.251. The third-order valence-corrected chi connectivity index (χ3v) is 2.97. The van der Waals surface area contributed by atoms with Crippen molar-refractivity contribution in [2.75, 3.05) is 6.61 Å². The number of rotatable bonds is 7. The maximum atomic E-state index is 11.9. The number of benzene rings is 1. The van der Waals surface area contributed by atoms with Gasteiger partial charge in [0, 0.05) is 16.7 Å². The summed E-state index contributed by atoms with van der Waals surface area (Å²) < 4.78 is 4.53. The zero-order valence-corrected chi connectivity index (χ0v) is 12.9. The van der Waals surface area contributed by atoms with Gasteiger partial charge in [-0.05, 0) is 31.2 Å². The molecule has 8 heteroatoms. The van der Waals surface area contributed by atoms with Crippen molar-refractivity contribution in [3.63, 3.8) is 0 Å². The number of nitrogens with two attached hydrogens (primary N) is 1. The van der Waals surface area contributed by atoms with E-state index in [0.717, 1.165) is 0 Å². The Morgan fingerprint density at radius 2 is 1.83 bits per heavy atom. The minimum absolute atomic E-state index is 0.0874. The lowest BCUT2D eigenvalue weighted by Gasteiger charge is -2.09. The highest BCUT2D eigenvalue weighted by molar-refractivity contribution is 6.49. The van der Waals surface area contributed by atoms with Crippen molar-refractivity contribution in [2.24, 2.45) is 11.7 Å². The van der Waals surface area contributed by atoms with E-state index in [-0.39, 0.29) is 12.2 Å². The number of aliphatic hydroxyl groups excluding tert-OH is 1. The van der Waals surface area contributed by atoms with Crippen LogP contribution in [0.2, 0.25) is 5.02 Å². The van der Waals surface area contributed by atoms with Crippen molar-refractivity contribution in [1.29, 1.82) is 0 Å². The minimum Gasteiger partial charge on any atom is -0.507 e. The number of carbonyl (C=O) groups is 4. The highest BCUT2D eigenvalue weighted by Gasteiger charge is 2.37. The van der Waals surface area contributed by atoms with Gasteiger partial charge in [0.05, 0.1) is 6.61 Å². The average Bonchev–Trinajstić information content (AvgIpc) is 2.47. The van der Waals surface area contributed by atoms with Gasteiger partial charge < -0.3 is 15.6 Å². The first kappa shape index (κ1) is 18.4. The lowest BCUT2D eigenvalue weighted by Crippen LogP contribution is -2.40. The van der Waals surface area contributed by atoms with Crippen LogP contribution in [0.4, 0.5) is 0 Å². The third kappa shape index (κ3) is 4.93. The SMILES string of the molecule is CCOC(=O)[C@@H](C(N)=O)C(=O)C(=O)C=C(O)c1ccc(Cl)cc1. The number of hydrogen-bond donors (Lipinski definition) is 2. The van der Waals surface area contributed by atoms with E-state index in [9.17, 15) is 24.3 Å². The van der Waals surface area contributed by atoms with Crippen LogP contribution < -0.4 is 5.73 Å². The predicted octanol–water partition coefficient (Wildman–Crippen LogP) is 1.04. The second kappa shape index (κ2) is 8.09. The maximum Gasteiger partial charge on any atom is 0.326 e. The zero-order valence-electron chi connectivity index (χ0n) is 12.1. The Balaban J connectivity index is 2.99. The molecule has 0 unspecified atom stereocenters. The van der Waals surface area contributed by atoms with Crippen LogP contribution in [0.1, 0.15) is 12.5 Å². The molecule has 0 heterocycles. The van der Waals surface area contributed by atoms with E-state index < -0.39 is 35.1 Å². The Kier molecular flexibility index (Phi) is 6.47. The first-order chi connectivity index (χ1) is 10.8. The average molecular weight is 340 g/mol. The number of ketones is 2. The molecule has 1 rings (SSSR count). The molecular weight excluding hydrogens is 326 g/mol. The Morgan fingerprint density at radius 1 is 1.26 bits per heavy atom. The van der Waals surface area contributed by atoms with Crippen LogP contribution in [0, 0.1) is 5.92 Å². The smallest absolute Gasteiger partial charge is 0.326 e. The minimum atomic E-state index is -2.04. The number of primary amides is 1. The number of allylic oxidation sites excluding steroid dienone is 1. The highest BCUT2D eigenvalue weighted by atomic mass is 35.5. The number of Topliss-reactive ketones (excluding diaryl/α,β-unsaturated/α-hetero) is 1. The van der Waals surface area contributed by atoms with Gasteiger partial charge in [-0.1, -0.05) is 11.6 Å². The second-order valence-corrected chi connectivity index (χ2v) is 4.79. The third-order valence-electron chi connectivity index (χ3n) is 2.72. The summed E-state index contributed by atoms with van der Waals surface area (Å²) in [5, 5.41) is 10.2. The number of halogens is 1. The lowest BCUT2D eigenvalue weighted by atomic mass is 9.99. The fourth-order valence-corrected chi connectivity index (χ4v) is 1.75. The van der Waals surface area contributed by atoms with Crippen LogP contribution >= 0.6 is 11.6 Å². The Labute approximate surface area is 136 Å². The molecule has 1 atom stereocenters. The molecule has 1 aromatic rings. The van der Waals surface area contributed by atoms with Gasteiger partial charge in [-0.15, -0.1) is 0 Å². The highest BCUT2D eigenvalue weighted by Crippen LogP contribution is 2.16. The number of aliphatic hydroxyl groups is 1. The Hall–Kier alpha value is -2.67. The molecule has 0 radical (unpaired) electrons. The Morgan fingerprint density at radius 3 is 2.30 bits per heavy atom. The van der Waals surface area contributed by atoms with Crippen LogP contribution in [-0.2, 0) is 23.9 Å². The molecule has 0 aliphatic heterocycles. The summed E-state index contributed by atoms with van der Waals surface area (Å²) in [5.74, 6) is -7.71. The van der Waals surface area contributed by atoms with E-state index >= 15 is 0 Å². The van der Waals surface area contributed by atoms with Crippen molar-refractivity contribution < 1.29 is 29.0 Å². The van der Waals surface area contributed by atoms with Crippen molar-refractivity contribution in [1.82, 2.24) is 0 Å². The molecule has 1 aromatic carbocycles. The van der Waals surface area contributed by atoms with E-state index in [2.05, 4.69) is 4.74 Å². The fourth-order valence-electron chi connectivity index (χ4n) is 1.62. The predicted molar refractivity (Wildman–Crippen MR) is 81.4 cm³/mol. The summed E-state index contributed by atoms with van der Waals surface area (Å²) in [7, 11) is 0. The van der Waals surface area contributed by atoms with Crippen molar-refractivity contribution in [2.45, 2.75) is 6.92 Å². The molecule has 0 aromatic heterocycles. The normalized spacial score (nSPS) is 12.3. The zero-order chi connectivity index (χ0) is 17.6. The number of carbonyl (C=O) groups excluding carboxylic acids is 4. The monoisotopic (exact) mass is 339 g/mol. The van der Waals surface area contributed by atoms with Gasteiger partial charge in [-0.25, -0.2) is 0 Å². The van der Waals surface area contributed by atoms with Gasteiger partial charge in [0.15, 0.2) is 0 Å². The summed E-state index contributed by atoms with van der Waals surface area (Å²) in [6.45, 7) is 1.38. The number of amides is 1. The number of hydrogen-bond acceptors (Lipinski definition) is 6. The van der Waals surface area contributed by atoms with Gasteiger partial charge in [-0.2, -0.15) is 0 Å². The topological polar surface area (TPSA) is 124 Å². The van der Waals surface area contributed by atoms with E-state index in [4.69, 9.17) is 17.3 Å². The maximum absolute atomic E-state index is 11.9. The van der Waals surface area contributed by atoms with Gasteiger partial charge in [0.25, 0.3) is 0 Å². The van der Waals surface area contributed by atoms with Gasteiger partial charge in [0.2, 0.25) is 23.4 Å². The van der Waals surface area contributed by atoms with E-state index in [1.807, 2.05) is 0 Å². The van der Waals surface area contributed by atoms with Gasteiger partial charge in [-0.3, -0.25) is 19.2 Å². The lowest BCUT2D eigenvalue weighted by molar-refractivity contribution is -0.156. The van der Waals surface area contributed by atoms with Crippen LogP contribution in [0.5, 0.6) is 0 Å². The van der Waals surface area contributed by atoms with Crippen molar-refractivity contribution >= 4 is 40.8 Å². The van der Waals surface area contributed by atoms with Crippen molar-refractivity contribution in [3.05, 3.63) is 40.9 Å². The van der Waals surface area contributed by atoms with Gasteiger partial charge in [0.1, 0.15) is 5.76 Å². The van der Waals surface area contributed by atoms with Crippen molar-refractivity contribution in [3.8, 4) is 0 Å². The summed E-state index contributed by atoms with van der Waals surface area (Å²) in [6, 6.07) is 5.78. The first-order valence-corrected chi connectivity index (χ1v) is 6.86. The summed E-state index contributed by atoms with van der Waals surface area (Å²) in [4.78, 5) is 46.4. The van der Waals surface area contributed by atoms with Gasteiger partial charge >= 0.3 is 5.97 Å². The molecule has 3 N–H and O–H groups in total. The summed E-state index contributed by atoms with van der Waals surface area (Å²) in [5.41, 5.74) is 5.18. The molecular formula is C15H14ClNO6. The molecule has 0 saturated carbocycles.